The van der Waals surface area contributed by atoms with Crippen LogP contribution in [0.25, 0.3) is 16.9 Å². The summed E-state index contributed by atoms with van der Waals surface area (Å²) in [5, 5.41) is 3.84. The van der Waals surface area contributed by atoms with E-state index in [9.17, 15) is 0 Å². The van der Waals surface area contributed by atoms with Crippen LogP contribution in [0.1, 0.15) is 43.4 Å². The van der Waals surface area contributed by atoms with Crippen LogP contribution in [-0.4, -0.2) is 15.4 Å². The van der Waals surface area contributed by atoms with E-state index in [0.29, 0.717) is 6.04 Å². The minimum absolute atomic E-state index is 0.557. The molecule has 1 saturated carbocycles. The highest BCUT2D eigenvalue weighted by Crippen LogP contribution is 2.33. The molecule has 4 rings (SSSR count). The number of aromatic nitrogens is 2. The average molecular weight is 319 g/mol. The first-order valence-corrected chi connectivity index (χ1v) is 9.04. The first-order chi connectivity index (χ1) is 11.7. The second-order valence-electron chi connectivity index (χ2n) is 6.96. The second-order valence-corrected chi connectivity index (χ2v) is 6.96. The van der Waals surface area contributed by atoms with Crippen molar-refractivity contribution in [1.29, 1.82) is 0 Å². The monoisotopic (exact) mass is 319 g/mol. The van der Waals surface area contributed by atoms with Crippen molar-refractivity contribution < 1.29 is 0 Å². The number of nitrogens with one attached hydrogen (secondary N) is 1. The quantitative estimate of drug-likeness (QED) is 0.704. The van der Waals surface area contributed by atoms with Crippen LogP contribution in [0.15, 0.2) is 42.5 Å². The molecule has 24 heavy (non-hydrogen) atoms. The largest absolute Gasteiger partial charge is 0.367 e. The third-order valence-corrected chi connectivity index (χ3v) is 5.18. The molecule has 3 nitrogen and oxygen atoms in total. The normalized spacial score (nSPS) is 15.8. The number of nitrogens with zero attached hydrogens (tertiary/aromatic N) is 2. The Morgan fingerprint density at radius 3 is 2.54 bits per heavy atom. The summed E-state index contributed by atoms with van der Waals surface area (Å²) in [6.45, 7) is 4.32. The number of aryl methyl sites for hydroxylation is 2. The molecule has 0 bridgehead atoms. The fourth-order valence-electron chi connectivity index (χ4n) is 3.85. The molecule has 0 amide bonds. The van der Waals surface area contributed by atoms with Crippen LogP contribution in [0, 0.1) is 13.8 Å². The van der Waals surface area contributed by atoms with Gasteiger partial charge in [-0.1, -0.05) is 49.6 Å². The Balaban J connectivity index is 1.87. The summed E-state index contributed by atoms with van der Waals surface area (Å²) in [6, 6.07) is 15.4. The molecule has 2 heterocycles. The number of imidazole rings is 1. The molecule has 3 heteroatoms. The molecule has 0 radical (unpaired) electrons. The summed E-state index contributed by atoms with van der Waals surface area (Å²) in [7, 11) is 0. The summed E-state index contributed by atoms with van der Waals surface area (Å²) >= 11 is 0. The number of pyridine rings is 1. The number of anilines is 1. The first kappa shape index (κ1) is 15.3. The van der Waals surface area contributed by atoms with Gasteiger partial charge in [-0.25, -0.2) is 4.98 Å². The molecule has 2 aromatic heterocycles. The second kappa shape index (κ2) is 6.31. The Labute approximate surface area is 143 Å². The van der Waals surface area contributed by atoms with Crippen LogP contribution in [0.4, 0.5) is 5.82 Å². The smallest absolute Gasteiger partial charge is 0.139 e. The maximum atomic E-state index is 4.97. The van der Waals surface area contributed by atoms with E-state index in [1.165, 1.54) is 48.9 Å². The predicted octanol–water partition coefficient (Wildman–Crippen LogP) is 5.36. The molecule has 0 aliphatic heterocycles. The number of fused-ring (bicyclic) bond motifs is 1. The molecule has 1 aliphatic carbocycles. The summed E-state index contributed by atoms with van der Waals surface area (Å²) in [4.78, 5) is 4.97. The van der Waals surface area contributed by atoms with E-state index in [-0.39, 0.29) is 0 Å². The van der Waals surface area contributed by atoms with Crippen LogP contribution < -0.4 is 5.32 Å². The third kappa shape index (κ3) is 2.68. The van der Waals surface area contributed by atoms with Gasteiger partial charge in [-0.15, -0.1) is 0 Å². The van der Waals surface area contributed by atoms with Crippen LogP contribution in [-0.2, 0) is 0 Å². The van der Waals surface area contributed by atoms with E-state index in [0.717, 1.165) is 17.2 Å². The van der Waals surface area contributed by atoms with Crippen molar-refractivity contribution >= 4 is 11.5 Å². The molecular formula is C21H25N3. The Morgan fingerprint density at radius 2 is 1.75 bits per heavy atom. The lowest BCUT2D eigenvalue weighted by atomic mass is 9.95. The molecule has 1 N–H and O–H groups in total. The van der Waals surface area contributed by atoms with Gasteiger partial charge in [0, 0.05) is 17.3 Å². The van der Waals surface area contributed by atoms with Gasteiger partial charge < -0.3 is 5.32 Å². The summed E-state index contributed by atoms with van der Waals surface area (Å²) in [5.74, 6) is 1.16. The molecule has 1 aromatic carbocycles. The summed E-state index contributed by atoms with van der Waals surface area (Å²) in [6.07, 6.45) is 6.54. The zero-order valence-electron chi connectivity index (χ0n) is 14.5. The van der Waals surface area contributed by atoms with Gasteiger partial charge in [0.1, 0.15) is 17.2 Å². The van der Waals surface area contributed by atoms with Crippen molar-refractivity contribution in [3.8, 4) is 11.3 Å². The van der Waals surface area contributed by atoms with Gasteiger partial charge in [-0.2, -0.15) is 0 Å². The molecular weight excluding hydrogens is 294 g/mol. The SMILES string of the molecule is Cc1ccccc1-c1nc2cccc(C)n2c1NC1CCCCC1. The molecule has 0 spiro atoms. The van der Waals surface area contributed by atoms with Crippen molar-refractivity contribution in [3.63, 3.8) is 0 Å². The number of rotatable bonds is 3. The average Bonchev–Trinajstić information content (AvgIpc) is 2.96. The van der Waals surface area contributed by atoms with Crippen LogP contribution in [0.3, 0.4) is 0 Å². The van der Waals surface area contributed by atoms with E-state index in [4.69, 9.17) is 4.98 Å². The standard InChI is InChI=1S/C21H25N3/c1-15-9-6-7-13-18(15)20-21(22-17-11-4-3-5-12-17)24-16(2)10-8-14-19(24)23-20/h6-10,13-14,17,22H,3-5,11-12H2,1-2H3. The molecule has 1 fully saturated rings. The third-order valence-electron chi connectivity index (χ3n) is 5.18. The van der Waals surface area contributed by atoms with E-state index in [1.807, 2.05) is 0 Å². The lowest BCUT2D eigenvalue weighted by Crippen LogP contribution is -2.23. The fraction of sp³-hybridized carbons (Fsp3) is 0.381. The highest BCUT2D eigenvalue weighted by molar-refractivity contribution is 5.79. The lowest BCUT2D eigenvalue weighted by Gasteiger charge is -2.24. The van der Waals surface area contributed by atoms with Crippen molar-refractivity contribution in [2.45, 2.75) is 52.0 Å². The van der Waals surface area contributed by atoms with Gasteiger partial charge >= 0.3 is 0 Å². The molecule has 0 saturated heterocycles. The van der Waals surface area contributed by atoms with Crippen molar-refractivity contribution in [2.24, 2.45) is 0 Å². The molecule has 3 aromatic rings. The summed E-state index contributed by atoms with van der Waals surface area (Å²) < 4.78 is 2.27. The van der Waals surface area contributed by atoms with Gasteiger partial charge in [0.25, 0.3) is 0 Å². The molecule has 0 unspecified atom stereocenters. The Hall–Kier alpha value is -2.29. The van der Waals surface area contributed by atoms with E-state index in [1.54, 1.807) is 0 Å². The van der Waals surface area contributed by atoms with Crippen molar-refractivity contribution in [1.82, 2.24) is 9.38 Å². The number of benzene rings is 1. The molecule has 1 aliphatic rings. The summed E-state index contributed by atoms with van der Waals surface area (Å²) in [5.41, 5.74) is 5.81. The Bertz CT molecular complexity index is 857. The Kier molecular flexibility index (Phi) is 4.01. The maximum absolute atomic E-state index is 4.97. The van der Waals surface area contributed by atoms with Gasteiger partial charge in [-0.3, -0.25) is 4.40 Å². The van der Waals surface area contributed by atoms with E-state index in [2.05, 4.69) is 66.0 Å². The van der Waals surface area contributed by atoms with Crippen LogP contribution >= 0.6 is 0 Å². The van der Waals surface area contributed by atoms with Gasteiger partial charge in [0.15, 0.2) is 0 Å². The number of hydrogen-bond donors (Lipinski definition) is 1. The van der Waals surface area contributed by atoms with Gasteiger partial charge in [0.05, 0.1) is 0 Å². The van der Waals surface area contributed by atoms with Crippen molar-refractivity contribution in [3.05, 3.63) is 53.7 Å². The zero-order valence-corrected chi connectivity index (χ0v) is 14.5. The van der Waals surface area contributed by atoms with E-state index < -0.39 is 0 Å². The highest BCUT2D eigenvalue weighted by atomic mass is 15.2. The van der Waals surface area contributed by atoms with Crippen LogP contribution in [0.5, 0.6) is 0 Å². The molecule has 0 atom stereocenters. The highest BCUT2D eigenvalue weighted by Gasteiger charge is 2.20. The minimum atomic E-state index is 0.557. The fourth-order valence-corrected chi connectivity index (χ4v) is 3.85. The molecule has 124 valence electrons. The predicted molar refractivity (Wildman–Crippen MR) is 101 cm³/mol. The van der Waals surface area contributed by atoms with Gasteiger partial charge in [-0.05, 0) is 44.4 Å². The minimum Gasteiger partial charge on any atom is -0.367 e. The van der Waals surface area contributed by atoms with Crippen LogP contribution in [0.2, 0.25) is 0 Å². The maximum Gasteiger partial charge on any atom is 0.139 e. The topological polar surface area (TPSA) is 29.3 Å². The Morgan fingerprint density at radius 1 is 0.958 bits per heavy atom. The lowest BCUT2D eigenvalue weighted by molar-refractivity contribution is 0.461. The van der Waals surface area contributed by atoms with Gasteiger partial charge in [0.2, 0.25) is 0 Å². The first-order valence-electron chi connectivity index (χ1n) is 9.04. The van der Waals surface area contributed by atoms with Crippen molar-refractivity contribution in [2.75, 3.05) is 5.32 Å². The van der Waals surface area contributed by atoms with E-state index >= 15 is 0 Å². The number of hydrogen-bond acceptors (Lipinski definition) is 2. The zero-order chi connectivity index (χ0) is 16.5.